The normalized spacial score (nSPS) is 19.6. The Morgan fingerprint density at radius 2 is 1.97 bits per heavy atom. The van der Waals surface area contributed by atoms with Gasteiger partial charge in [0.05, 0.1) is 21.1 Å². The van der Waals surface area contributed by atoms with Gasteiger partial charge in [-0.05, 0) is 49.6 Å². The number of anilines is 1. The van der Waals surface area contributed by atoms with Gasteiger partial charge in [0.2, 0.25) is 11.8 Å². The Bertz CT molecular complexity index is 1180. The van der Waals surface area contributed by atoms with Gasteiger partial charge in [-0.1, -0.05) is 36.4 Å². The van der Waals surface area contributed by atoms with Crippen LogP contribution in [0, 0.1) is 0 Å². The number of sulfone groups is 1. The van der Waals surface area contributed by atoms with Gasteiger partial charge in [0.25, 0.3) is 0 Å². The summed E-state index contributed by atoms with van der Waals surface area (Å²) in [4.78, 5) is 27.4. The van der Waals surface area contributed by atoms with E-state index in [1.807, 2.05) is 24.3 Å². The second kappa shape index (κ2) is 9.11. The van der Waals surface area contributed by atoms with Crippen molar-refractivity contribution in [3.05, 3.63) is 60.2 Å². The zero-order valence-electron chi connectivity index (χ0n) is 18.1. The molecule has 6 nitrogen and oxygen atoms in total. The average Bonchev–Trinajstić information content (AvgIpc) is 2.80. The third kappa shape index (κ3) is 4.61. The largest absolute Gasteiger partial charge is 0.339 e. The monoisotopic (exact) mass is 470 g/mol. The number of hydrogen-bond donors (Lipinski definition) is 1. The molecule has 2 aromatic rings. The maximum absolute atomic E-state index is 13.1. The number of nitrogens with one attached hydrogen (secondary N) is 1. The quantitative estimate of drug-likeness (QED) is 0.715. The van der Waals surface area contributed by atoms with E-state index in [0.29, 0.717) is 18.8 Å². The van der Waals surface area contributed by atoms with Crippen LogP contribution in [0.25, 0.3) is 5.57 Å². The molecule has 0 aromatic heterocycles. The molecule has 32 heavy (non-hydrogen) atoms. The van der Waals surface area contributed by atoms with Crippen molar-refractivity contribution in [2.45, 2.75) is 47.0 Å². The fraction of sp³-hybridized carbons (Fsp3) is 0.333. The minimum Gasteiger partial charge on any atom is -0.339 e. The van der Waals surface area contributed by atoms with Crippen LogP contribution in [0.2, 0.25) is 0 Å². The van der Waals surface area contributed by atoms with E-state index in [1.54, 1.807) is 30.9 Å². The number of rotatable bonds is 5. The highest BCUT2D eigenvalue weighted by Crippen LogP contribution is 2.37. The second-order valence-corrected chi connectivity index (χ2v) is 11.9. The van der Waals surface area contributed by atoms with Gasteiger partial charge in [-0.15, -0.1) is 11.8 Å². The minimum atomic E-state index is -3.71. The van der Waals surface area contributed by atoms with Gasteiger partial charge < -0.3 is 10.2 Å². The topological polar surface area (TPSA) is 83.6 Å². The van der Waals surface area contributed by atoms with Crippen molar-refractivity contribution in [1.82, 2.24) is 4.90 Å². The van der Waals surface area contributed by atoms with Crippen LogP contribution in [0.15, 0.2) is 64.4 Å². The van der Waals surface area contributed by atoms with Gasteiger partial charge in [-0.2, -0.15) is 0 Å². The second-order valence-electron chi connectivity index (χ2n) is 8.15. The maximum Gasteiger partial charge on any atom is 0.237 e. The first kappa shape index (κ1) is 22.6. The summed E-state index contributed by atoms with van der Waals surface area (Å²) in [5.74, 6) is -0.312. The number of nitrogens with zero attached hydrogens (tertiary/aromatic N) is 1. The molecule has 0 saturated heterocycles. The van der Waals surface area contributed by atoms with Crippen LogP contribution in [0.1, 0.15) is 32.3 Å². The van der Waals surface area contributed by atoms with Gasteiger partial charge >= 0.3 is 0 Å². The molecule has 0 aliphatic carbocycles. The SMILES string of the molecule is C[C@H]1Sc2ccc(S(=O)(=O)[C@@H](C)CC(=O)N3CC=C(c4ccccc4)CC3)cc2NC1=O. The van der Waals surface area contributed by atoms with Crippen molar-refractivity contribution in [2.75, 3.05) is 18.4 Å². The third-order valence-corrected chi connectivity index (χ3v) is 9.22. The summed E-state index contributed by atoms with van der Waals surface area (Å²) in [6, 6.07) is 14.8. The Labute approximate surface area is 193 Å². The van der Waals surface area contributed by atoms with E-state index in [1.165, 1.54) is 23.4 Å². The summed E-state index contributed by atoms with van der Waals surface area (Å²) >= 11 is 1.40. The molecule has 0 fully saturated rings. The van der Waals surface area contributed by atoms with Gasteiger partial charge in [-0.3, -0.25) is 9.59 Å². The summed E-state index contributed by atoms with van der Waals surface area (Å²) in [7, 11) is -3.71. The molecule has 2 aliphatic heterocycles. The molecule has 2 amide bonds. The van der Waals surface area contributed by atoms with Crippen molar-refractivity contribution >= 4 is 44.7 Å². The third-order valence-electron chi connectivity index (χ3n) is 5.91. The predicted octanol–water partition coefficient (Wildman–Crippen LogP) is 3.99. The molecule has 2 aromatic carbocycles. The fourth-order valence-corrected chi connectivity index (χ4v) is 6.19. The Balaban J connectivity index is 1.43. The molecule has 1 N–H and O–H groups in total. The average molecular weight is 471 g/mol. The maximum atomic E-state index is 13.1. The highest BCUT2D eigenvalue weighted by molar-refractivity contribution is 8.01. The highest BCUT2D eigenvalue weighted by Gasteiger charge is 2.30. The first-order chi connectivity index (χ1) is 15.3. The number of fused-ring (bicyclic) bond motifs is 1. The van der Waals surface area contributed by atoms with E-state index < -0.39 is 15.1 Å². The standard InChI is InChI=1S/C24H26N2O4S2/c1-16(14-23(27)26-12-10-19(11-13-26)18-6-4-3-5-7-18)32(29,30)20-8-9-22-21(15-20)25-24(28)17(2)31-22/h3-10,15-17H,11-14H2,1-2H3,(H,25,28)/t16-,17+/m0/s1. The van der Waals surface area contributed by atoms with Gasteiger partial charge in [-0.25, -0.2) is 8.42 Å². The molecule has 2 atom stereocenters. The molecule has 0 saturated carbocycles. The van der Waals surface area contributed by atoms with Gasteiger partial charge in [0.1, 0.15) is 0 Å². The molecule has 8 heteroatoms. The lowest BCUT2D eigenvalue weighted by atomic mass is 9.99. The molecule has 2 heterocycles. The van der Waals surface area contributed by atoms with Crippen molar-refractivity contribution < 1.29 is 18.0 Å². The zero-order chi connectivity index (χ0) is 22.9. The van der Waals surface area contributed by atoms with E-state index in [0.717, 1.165) is 16.9 Å². The summed E-state index contributed by atoms with van der Waals surface area (Å²) < 4.78 is 26.2. The summed E-state index contributed by atoms with van der Waals surface area (Å²) in [5.41, 5.74) is 2.87. The van der Waals surface area contributed by atoms with Crippen LogP contribution >= 0.6 is 11.8 Å². The van der Waals surface area contributed by atoms with Crippen LogP contribution in [-0.4, -0.2) is 48.7 Å². The van der Waals surface area contributed by atoms with Gasteiger partial charge in [0, 0.05) is 24.4 Å². The number of amides is 2. The molecule has 0 unspecified atom stereocenters. The molecular weight excluding hydrogens is 444 g/mol. The molecule has 4 rings (SSSR count). The number of thioether (sulfide) groups is 1. The first-order valence-electron chi connectivity index (χ1n) is 10.6. The molecule has 2 aliphatic rings. The van der Waals surface area contributed by atoms with Crippen LogP contribution < -0.4 is 5.32 Å². The Morgan fingerprint density at radius 3 is 2.66 bits per heavy atom. The zero-order valence-corrected chi connectivity index (χ0v) is 19.7. The van der Waals surface area contributed by atoms with Crippen molar-refractivity contribution in [1.29, 1.82) is 0 Å². The van der Waals surface area contributed by atoms with Crippen LogP contribution in [0.5, 0.6) is 0 Å². The summed E-state index contributed by atoms with van der Waals surface area (Å²) in [5, 5.41) is 1.68. The minimum absolute atomic E-state index is 0.0773. The number of benzene rings is 2. The molecule has 0 spiro atoms. The van der Waals surface area contributed by atoms with E-state index in [2.05, 4.69) is 17.4 Å². The molecule has 168 valence electrons. The van der Waals surface area contributed by atoms with Crippen molar-refractivity contribution in [3.63, 3.8) is 0 Å². The van der Waals surface area contributed by atoms with Crippen LogP contribution in [0.3, 0.4) is 0 Å². The van der Waals surface area contributed by atoms with E-state index in [4.69, 9.17) is 0 Å². The molecule has 0 radical (unpaired) electrons. The lowest BCUT2D eigenvalue weighted by molar-refractivity contribution is -0.130. The predicted molar refractivity (Wildman–Crippen MR) is 127 cm³/mol. The lowest BCUT2D eigenvalue weighted by Gasteiger charge is -2.28. The summed E-state index contributed by atoms with van der Waals surface area (Å²) in [6.07, 6.45) is 2.71. The van der Waals surface area contributed by atoms with Crippen molar-refractivity contribution in [3.8, 4) is 0 Å². The smallest absolute Gasteiger partial charge is 0.237 e. The molecule has 0 bridgehead atoms. The van der Waals surface area contributed by atoms with Gasteiger partial charge in [0.15, 0.2) is 9.84 Å². The molecular formula is C24H26N2O4S2. The first-order valence-corrected chi connectivity index (χ1v) is 13.1. The van der Waals surface area contributed by atoms with Crippen LogP contribution in [-0.2, 0) is 19.4 Å². The van der Waals surface area contributed by atoms with E-state index in [-0.39, 0.29) is 28.4 Å². The Hall–Kier alpha value is -2.58. The van der Waals surface area contributed by atoms with Crippen molar-refractivity contribution in [2.24, 2.45) is 0 Å². The Kier molecular flexibility index (Phi) is 6.44. The Morgan fingerprint density at radius 1 is 1.22 bits per heavy atom. The lowest BCUT2D eigenvalue weighted by Crippen LogP contribution is -2.37. The summed E-state index contributed by atoms with van der Waals surface area (Å²) in [6.45, 7) is 4.43. The fourth-order valence-electron chi connectivity index (χ4n) is 3.89. The van der Waals surface area contributed by atoms with E-state index in [9.17, 15) is 18.0 Å². The highest BCUT2D eigenvalue weighted by atomic mass is 32.2. The number of hydrogen-bond acceptors (Lipinski definition) is 5. The number of carbonyl (C=O) groups is 2. The van der Waals surface area contributed by atoms with Crippen LogP contribution in [0.4, 0.5) is 5.69 Å². The van der Waals surface area contributed by atoms with E-state index >= 15 is 0 Å². The number of carbonyl (C=O) groups excluding carboxylic acids is 2.